The Hall–Kier alpha value is -3.04. The van der Waals surface area contributed by atoms with Crippen molar-refractivity contribution in [1.29, 1.82) is 0 Å². The molecule has 8 nitrogen and oxygen atoms in total. The van der Waals surface area contributed by atoms with Crippen LogP contribution in [0, 0.1) is 5.92 Å². The SMILES string of the molecule is CCOc1cc2c(cc1Nc1ncnc3sc4c(c13)CC[C@H](C(=O)N1CC[C@H](N(C)C)C1)C4)C=NC2. The van der Waals surface area contributed by atoms with Gasteiger partial charge >= 0.3 is 0 Å². The summed E-state index contributed by atoms with van der Waals surface area (Å²) in [6.45, 7) is 4.98. The third kappa shape index (κ3) is 4.14. The number of fused-ring (bicyclic) bond motifs is 4. The molecule has 1 amide bonds. The minimum Gasteiger partial charge on any atom is -0.492 e. The number of likely N-dealkylation sites (N-methyl/N-ethyl adjacent to an activating group) is 1. The van der Waals surface area contributed by atoms with E-state index >= 15 is 0 Å². The first kappa shape index (κ1) is 23.4. The maximum atomic E-state index is 13.3. The number of carbonyl (C=O) groups is 1. The molecule has 0 saturated carbocycles. The summed E-state index contributed by atoms with van der Waals surface area (Å²) in [5.41, 5.74) is 4.46. The number of amides is 1. The quantitative estimate of drug-likeness (QED) is 0.546. The molecule has 188 valence electrons. The number of aryl methyl sites for hydroxylation is 1. The molecule has 2 atom stereocenters. The Bertz CT molecular complexity index is 1350. The van der Waals surface area contributed by atoms with E-state index in [1.807, 2.05) is 13.1 Å². The number of hydrogen-bond acceptors (Lipinski definition) is 8. The third-order valence-electron chi connectivity index (χ3n) is 7.69. The van der Waals surface area contributed by atoms with E-state index in [1.54, 1.807) is 17.7 Å². The molecule has 3 aromatic rings. The normalized spacial score (nSPS) is 20.7. The van der Waals surface area contributed by atoms with Crippen molar-refractivity contribution in [3.05, 3.63) is 40.0 Å². The summed E-state index contributed by atoms with van der Waals surface area (Å²) >= 11 is 1.71. The highest BCUT2D eigenvalue weighted by atomic mass is 32.1. The molecule has 0 spiro atoms. The number of likely N-dealkylation sites (tertiary alicyclic amines) is 1. The van der Waals surface area contributed by atoms with Crippen LogP contribution in [0.4, 0.5) is 11.5 Å². The highest BCUT2D eigenvalue weighted by molar-refractivity contribution is 7.19. The summed E-state index contributed by atoms with van der Waals surface area (Å²) in [6.07, 6.45) is 7.12. The van der Waals surface area contributed by atoms with Gasteiger partial charge in [0.2, 0.25) is 5.91 Å². The molecular weight excluding hydrogens is 472 g/mol. The van der Waals surface area contributed by atoms with Gasteiger partial charge in [-0.25, -0.2) is 9.97 Å². The van der Waals surface area contributed by atoms with Gasteiger partial charge in [0, 0.05) is 36.1 Å². The van der Waals surface area contributed by atoms with E-state index in [-0.39, 0.29) is 5.92 Å². The van der Waals surface area contributed by atoms with Gasteiger partial charge in [-0.1, -0.05) is 0 Å². The lowest BCUT2D eigenvalue weighted by Crippen LogP contribution is -2.39. The van der Waals surface area contributed by atoms with Crippen molar-refractivity contribution < 1.29 is 9.53 Å². The molecule has 36 heavy (non-hydrogen) atoms. The Balaban J connectivity index is 1.27. The molecule has 1 fully saturated rings. The van der Waals surface area contributed by atoms with Crippen molar-refractivity contribution in [1.82, 2.24) is 19.8 Å². The Morgan fingerprint density at radius 1 is 1.28 bits per heavy atom. The van der Waals surface area contributed by atoms with Crippen LogP contribution >= 0.6 is 11.3 Å². The molecule has 6 rings (SSSR count). The summed E-state index contributed by atoms with van der Waals surface area (Å²) < 4.78 is 5.95. The van der Waals surface area contributed by atoms with Gasteiger partial charge in [0.1, 0.15) is 22.7 Å². The molecule has 0 radical (unpaired) electrons. The van der Waals surface area contributed by atoms with Crippen LogP contribution in [0.15, 0.2) is 23.5 Å². The average Bonchev–Trinajstić information content (AvgIpc) is 3.61. The molecule has 1 saturated heterocycles. The van der Waals surface area contributed by atoms with Crippen LogP contribution in [-0.2, 0) is 24.2 Å². The number of rotatable bonds is 6. The van der Waals surface area contributed by atoms with Gasteiger partial charge in [-0.15, -0.1) is 11.3 Å². The Kier molecular flexibility index (Phi) is 6.13. The number of nitrogens with zero attached hydrogens (tertiary/aromatic N) is 5. The monoisotopic (exact) mass is 504 g/mol. The lowest BCUT2D eigenvalue weighted by atomic mass is 9.87. The first-order valence-electron chi connectivity index (χ1n) is 12.8. The van der Waals surface area contributed by atoms with E-state index < -0.39 is 0 Å². The maximum Gasteiger partial charge on any atom is 0.226 e. The highest BCUT2D eigenvalue weighted by Gasteiger charge is 2.35. The van der Waals surface area contributed by atoms with E-state index in [4.69, 9.17) is 4.74 Å². The van der Waals surface area contributed by atoms with Gasteiger partial charge in [0.25, 0.3) is 0 Å². The molecule has 2 aliphatic heterocycles. The summed E-state index contributed by atoms with van der Waals surface area (Å²) in [4.78, 5) is 33.5. The highest BCUT2D eigenvalue weighted by Crippen LogP contribution is 2.42. The predicted molar refractivity (Wildman–Crippen MR) is 144 cm³/mol. The fourth-order valence-electron chi connectivity index (χ4n) is 5.68. The number of aliphatic imine (C=N–C) groups is 1. The fourth-order valence-corrected chi connectivity index (χ4v) is 6.94. The van der Waals surface area contributed by atoms with Crippen molar-refractivity contribution in [2.75, 3.05) is 39.1 Å². The smallest absolute Gasteiger partial charge is 0.226 e. The lowest BCUT2D eigenvalue weighted by molar-refractivity contribution is -0.134. The predicted octanol–water partition coefficient (Wildman–Crippen LogP) is 4.03. The van der Waals surface area contributed by atoms with Gasteiger partial charge in [-0.2, -0.15) is 0 Å². The molecule has 2 aromatic heterocycles. The van der Waals surface area contributed by atoms with Crippen molar-refractivity contribution in [2.24, 2.45) is 10.9 Å². The first-order valence-corrected chi connectivity index (χ1v) is 13.6. The van der Waals surface area contributed by atoms with Crippen molar-refractivity contribution in [2.45, 2.75) is 45.2 Å². The van der Waals surface area contributed by atoms with Gasteiger partial charge in [-0.05, 0) is 75.5 Å². The van der Waals surface area contributed by atoms with Crippen LogP contribution in [0.5, 0.6) is 5.75 Å². The minimum atomic E-state index is 0.0522. The zero-order valence-electron chi connectivity index (χ0n) is 21.1. The second kappa shape index (κ2) is 9.44. The molecular formula is C27H32N6O2S. The van der Waals surface area contributed by atoms with Crippen molar-refractivity contribution in [3.8, 4) is 5.75 Å². The maximum absolute atomic E-state index is 13.3. The summed E-state index contributed by atoms with van der Waals surface area (Å²) in [5, 5.41) is 4.63. The standard InChI is InChI=1S/C27H32N6O2S/c1-4-35-22-10-18-13-28-12-17(18)9-21(22)31-25-24-20-6-5-16(11-23(20)36-26(24)30-15-29-25)27(34)33-8-7-19(14-33)32(2)3/h9-10,12,15-16,19H,4-8,11,13-14H2,1-3H3,(H,29,30,31)/t16-,19-/m0/s1. The van der Waals surface area contributed by atoms with Crippen LogP contribution in [0.3, 0.4) is 0 Å². The zero-order valence-corrected chi connectivity index (χ0v) is 21.9. The molecule has 1 aliphatic carbocycles. The van der Waals surface area contributed by atoms with Crippen molar-refractivity contribution >= 4 is 45.2 Å². The van der Waals surface area contributed by atoms with Gasteiger partial charge in [-0.3, -0.25) is 9.79 Å². The molecule has 0 unspecified atom stereocenters. The van der Waals surface area contributed by atoms with Gasteiger partial charge < -0.3 is 19.9 Å². The Morgan fingerprint density at radius 3 is 2.97 bits per heavy atom. The Morgan fingerprint density at radius 2 is 2.17 bits per heavy atom. The number of carbonyl (C=O) groups excluding carboxylic acids is 1. The molecule has 0 bridgehead atoms. The van der Waals surface area contributed by atoms with Crippen LogP contribution in [0.25, 0.3) is 10.2 Å². The number of benzene rings is 1. The van der Waals surface area contributed by atoms with Crippen LogP contribution < -0.4 is 10.1 Å². The third-order valence-corrected chi connectivity index (χ3v) is 8.85. The largest absolute Gasteiger partial charge is 0.492 e. The van der Waals surface area contributed by atoms with Crippen molar-refractivity contribution in [3.63, 3.8) is 0 Å². The lowest BCUT2D eigenvalue weighted by Gasteiger charge is -2.27. The van der Waals surface area contributed by atoms with Gasteiger partial charge in [0.15, 0.2) is 0 Å². The minimum absolute atomic E-state index is 0.0522. The number of thiophene rings is 1. The number of hydrogen-bond donors (Lipinski definition) is 1. The first-order chi connectivity index (χ1) is 17.5. The molecule has 3 aliphatic rings. The van der Waals surface area contributed by atoms with E-state index in [0.29, 0.717) is 25.1 Å². The fraction of sp³-hybridized carbons (Fsp3) is 0.481. The van der Waals surface area contributed by atoms with E-state index in [2.05, 4.69) is 56.3 Å². The second-order valence-corrected chi connectivity index (χ2v) is 11.2. The van der Waals surface area contributed by atoms with Crippen LogP contribution in [0.2, 0.25) is 0 Å². The number of anilines is 2. The molecule has 4 heterocycles. The topological polar surface area (TPSA) is 82.9 Å². The van der Waals surface area contributed by atoms with E-state index in [1.165, 1.54) is 16.0 Å². The molecule has 9 heteroatoms. The van der Waals surface area contributed by atoms with E-state index in [0.717, 1.165) is 71.8 Å². The zero-order chi connectivity index (χ0) is 24.8. The summed E-state index contributed by atoms with van der Waals surface area (Å²) in [6, 6.07) is 4.63. The van der Waals surface area contributed by atoms with Crippen LogP contribution in [-0.4, -0.2) is 71.7 Å². The summed E-state index contributed by atoms with van der Waals surface area (Å²) in [5.74, 6) is 1.97. The number of nitrogens with one attached hydrogen (secondary N) is 1. The number of aromatic nitrogens is 2. The molecule has 1 aromatic carbocycles. The molecule has 1 N–H and O–H groups in total. The van der Waals surface area contributed by atoms with Crippen LogP contribution in [0.1, 0.15) is 41.3 Å². The summed E-state index contributed by atoms with van der Waals surface area (Å²) in [7, 11) is 4.20. The van der Waals surface area contributed by atoms with Gasteiger partial charge in [0.05, 0.1) is 24.2 Å². The average molecular weight is 505 g/mol. The Labute approximate surface area is 215 Å². The number of ether oxygens (including phenoxy) is 1. The van der Waals surface area contributed by atoms with E-state index in [9.17, 15) is 4.79 Å². The second-order valence-electron chi connectivity index (χ2n) is 10.1.